The number of hydrogen-bond acceptors (Lipinski definition) is 5. The van der Waals surface area contributed by atoms with Gasteiger partial charge in [-0.2, -0.15) is 5.26 Å². The van der Waals surface area contributed by atoms with Crippen LogP contribution in [0.5, 0.6) is 11.5 Å². The van der Waals surface area contributed by atoms with Gasteiger partial charge in [-0.05, 0) is 60.5 Å². The molecular formula is C25H22ClNO4S. The van der Waals surface area contributed by atoms with Crippen molar-refractivity contribution in [3.05, 3.63) is 93.9 Å². The van der Waals surface area contributed by atoms with E-state index >= 15 is 0 Å². The average Bonchev–Trinajstić information content (AvgIpc) is 2.80. The smallest absolute Gasteiger partial charge is 0.216 e. The second-order valence-electron chi connectivity index (χ2n) is 6.80. The molecule has 0 heterocycles. The van der Waals surface area contributed by atoms with Gasteiger partial charge in [0.05, 0.1) is 18.1 Å². The van der Waals surface area contributed by atoms with Gasteiger partial charge in [0.2, 0.25) is 9.84 Å². The Bertz CT molecular complexity index is 1230. The molecule has 7 heteroatoms. The Hall–Kier alpha value is -3.27. The van der Waals surface area contributed by atoms with E-state index in [1.807, 2.05) is 37.3 Å². The van der Waals surface area contributed by atoms with Crippen molar-refractivity contribution >= 4 is 27.5 Å². The summed E-state index contributed by atoms with van der Waals surface area (Å²) in [6.07, 6.45) is 2.06. The lowest BCUT2D eigenvalue weighted by molar-refractivity contribution is 0.279. The summed E-state index contributed by atoms with van der Waals surface area (Å²) < 4.78 is 37.2. The van der Waals surface area contributed by atoms with E-state index in [4.69, 9.17) is 21.1 Å². The molecule has 3 rings (SSSR count). The first-order chi connectivity index (χ1) is 15.4. The van der Waals surface area contributed by atoms with E-state index < -0.39 is 9.84 Å². The van der Waals surface area contributed by atoms with Crippen LogP contribution in [-0.2, 0) is 16.3 Å². The molecule has 0 unspecified atom stereocenters. The zero-order chi connectivity index (χ0) is 23.0. The van der Waals surface area contributed by atoms with E-state index in [0.717, 1.165) is 12.0 Å². The van der Waals surface area contributed by atoms with Crippen molar-refractivity contribution in [2.75, 3.05) is 13.2 Å². The molecule has 0 amide bonds. The molecular weight excluding hydrogens is 446 g/mol. The van der Waals surface area contributed by atoms with Crippen molar-refractivity contribution in [2.24, 2.45) is 0 Å². The highest BCUT2D eigenvalue weighted by Gasteiger charge is 2.21. The van der Waals surface area contributed by atoms with Gasteiger partial charge in [-0.3, -0.25) is 0 Å². The highest BCUT2D eigenvalue weighted by Crippen LogP contribution is 2.31. The Balaban J connectivity index is 1.83. The average molecular weight is 468 g/mol. The maximum atomic E-state index is 12.8. The Morgan fingerprint density at radius 1 is 1.00 bits per heavy atom. The summed E-state index contributed by atoms with van der Waals surface area (Å²) in [5.41, 5.74) is 1.68. The molecule has 164 valence electrons. The maximum Gasteiger partial charge on any atom is 0.216 e. The summed E-state index contributed by atoms with van der Waals surface area (Å²) in [6, 6.07) is 22.5. The van der Waals surface area contributed by atoms with E-state index in [1.165, 1.54) is 30.3 Å². The normalized spacial score (nSPS) is 11.6. The molecule has 3 aromatic rings. The van der Waals surface area contributed by atoms with Crippen LogP contribution in [0.2, 0.25) is 5.02 Å². The molecule has 0 spiro atoms. The van der Waals surface area contributed by atoms with E-state index in [9.17, 15) is 13.7 Å². The monoisotopic (exact) mass is 467 g/mol. The Morgan fingerprint density at radius 2 is 1.72 bits per heavy atom. The highest BCUT2D eigenvalue weighted by atomic mass is 35.5. The minimum atomic E-state index is -3.98. The van der Waals surface area contributed by atoms with Crippen molar-refractivity contribution in [1.82, 2.24) is 0 Å². The summed E-state index contributed by atoms with van der Waals surface area (Å²) in [7, 11) is -3.98. The van der Waals surface area contributed by atoms with E-state index in [1.54, 1.807) is 24.3 Å². The fraction of sp³-hybridized carbons (Fsp3) is 0.160. The van der Waals surface area contributed by atoms with Gasteiger partial charge in [0.15, 0.2) is 11.5 Å². The van der Waals surface area contributed by atoms with Crippen LogP contribution < -0.4 is 9.47 Å². The number of hydrogen-bond donors (Lipinski definition) is 0. The van der Waals surface area contributed by atoms with Crippen LogP contribution in [0.4, 0.5) is 0 Å². The lowest BCUT2D eigenvalue weighted by atomic mass is 10.1. The predicted octanol–water partition coefficient (Wildman–Crippen LogP) is 5.70. The quantitative estimate of drug-likeness (QED) is 0.377. The van der Waals surface area contributed by atoms with Gasteiger partial charge in [-0.15, -0.1) is 0 Å². The number of nitrogens with zero attached hydrogens (tertiary/aromatic N) is 1. The fourth-order valence-corrected chi connectivity index (χ4v) is 4.27. The van der Waals surface area contributed by atoms with E-state index in [-0.39, 0.29) is 9.80 Å². The molecule has 0 aliphatic heterocycles. The van der Waals surface area contributed by atoms with Crippen LogP contribution in [-0.4, -0.2) is 21.6 Å². The number of benzene rings is 3. The molecule has 32 heavy (non-hydrogen) atoms. The number of allylic oxidation sites excluding steroid dienone is 1. The summed E-state index contributed by atoms with van der Waals surface area (Å²) in [4.78, 5) is -0.374. The first-order valence-corrected chi connectivity index (χ1v) is 11.9. The maximum absolute atomic E-state index is 12.8. The molecule has 3 aromatic carbocycles. The summed E-state index contributed by atoms with van der Waals surface area (Å²) in [5.74, 6) is 1.04. The molecule has 0 radical (unpaired) electrons. The second-order valence-corrected chi connectivity index (χ2v) is 9.16. The molecule has 0 N–H and O–H groups in total. The van der Waals surface area contributed by atoms with Gasteiger partial charge < -0.3 is 9.47 Å². The van der Waals surface area contributed by atoms with Crippen molar-refractivity contribution in [3.63, 3.8) is 0 Å². The molecule has 0 saturated carbocycles. The van der Waals surface area contributed by atoms with Crippen LogP contribution in [0.1, 0.15) is 18.1 Å². The standard InChI is InChI=1S/C25H22ClNO4S/c1-2-30-25-17-20(8-13-24(25)31-15-14-19-6-4-3-5-7-19)16-23(18-27)32(28,29)22-11-9-21(26)10-12-22/h3-13,16-17H,2,14-15H2,1H3. The van der Waals surface area contributed by atoms with Crippen LogP contribution in [0, 0.1) is 11.3 Å². The number of halogens is 1. The zero-order valence-corrected chi connectivity index (χ0v) is 19.1. The zero-order valence-electron chi connectivity index (χ0n) is 17.5. The first kappa shape index (κ1) is 23.4. The summed E-state index contributed by atoms with van der Waals surface area (Å²) in [6.45, 7) is 2.73. The van der Waals surface area contributed by atoms with Crippen molar-refractivity contribution in [2.45, 2.75) is 18.2 Å². The largest absolute Gasteiger partial charge is 0.490 e. The van der Waals surface area contributed by atoms with Crippen molar-refractivity contribution < 1.29 is 17.9 Å². The third-order valence-corrected chi connectivity index (χ3v) is 6.51. The topological polar surface area (TPSA) is 76.4 Å². The molecule has 0 saturated heterocycles. The first-order valence-electron chi connectivity index (χ1n) is 10.00. The number of nitriles is 1. The van der Waals surface area contributed by atoms with Gasteiger partial charge in [0, 0.05) is 11.4 Å². The second kappa shape index (κ2) is 10.9. The van der Waals surface area contributed by atoms with Gasteiger partial charge in [-0.1, -0.05) is 48.0 Å². The van der Waals surface area contributed by atoms with E-state index in [2.05, 4.69) is 0 Å². The van der Waals surface area contributed by atoms with Gasteiger partial charge >= 0.3 is 0 Å². The third-order valence-electron chi connectivity index (χ3n) is 4.58. The van der Waals surface area contributed by atoms with Crippen LogP contribution in [0.3, 0.4) is 0 Å². The fourth-order valence-electron chi connectivity index (χ4n) is 2.99. The SMILES string of the molecule is CCOc1cc(C=C(C#N)S(=O)(=O)c2ccc(Cl)cc2)ccc1OCCc1ccccc1. The van der Waals surface area contributed by atoms with Crippen LogP contribution >= 0.6 is 11.6 Å². The number of rotatable bonds is 9. The molecule has 0 aliphatic rings. The van der Waals surface area contributed by atoms with Crippen molar-refractivity contribution in [1.29, 1.82) is 5.26 Å². The lowest BCUT2D eigenvalue weighted by Gasteiger charge is -2.13. The molecule has 0 atom stereocenters. The Morgan fingerprint density at radius 3 is 2.38 bits per heavy atom. The number of ether oxygens (including phenoxy) is 2. The number of sulfone groups is 1. The van der Waals surface area contributed by atoms with Gasteiger partial charge in [0.25, 0.3) is 0 Å². The summed E-state index contributed by atoms with van der Waals surface area (Å²) >= 11 is 5.84. The van der Waals surface area contributed by atoms with Gasteiger partial charge in [0.1, 0.15) is 11.0 Å². The molecule has 0 aromatic heterocycles. The minimum Gasteiger partial charge on any atom is -0.490 e. The molecule has 5 nitrogen and oxygen atoms in total. The Kier molecular flexibility index (Phi) is 7.93. The van der Waals surface area contributed by atoms with Gasteiger partial charge in [-0.25, -0.2) is 8.42 Å². The Labute approximate surface area is 193 Å². The lowest BCUT2D eigenvalue weighted by Crippen LogP contribution is -2.04. The van der Waals surface area contributed by atoms with Crippen LogP contribution in [0.15, 0.2) is 82.6 Å². The predicted molar refractivity (Wildman–Crippen MR) is 125 cm³/mol. The third kappa shape index (κ3) is 5.91. The molecule has 0 aliphatic carbocycles. The molecule has 0 fully saturated rings. The van der Waals surface area contributed by atoms with E-state index in [0.29, 0.717) is 35.3 Å². The van der Waals surface area contributed by atoms with Crippen LogP contribution in [0.25, 0.3) is 6.08 Å². The van der Waals surface area contributed by atoms with Crippen molar-refractivity contribution in [3.8, 4) is 17.6 Å². The molecule has 0 bridgehead atoms. The minimum absolute atomic E-state index is 0.000553. The summed E-state index contributed by atoms with van der Waals surface area (Å²) in [5, 5.41) is 9.92. The highest BCUT2D eigenvalue weighted by molar-refractivity contribution is 7.95.